The molecule has 132 valence electrons. The predicted molar refractivity (Wildman–Crippen MR) is 98.0 cm³/mol. The molecule has 1 saturated heterocycles. The number of fused-ring (bicyclic) bond motifs is 1. The number of carbonyl (C=O) groups is 2. The van der Waals surface area contributed by atoms with Crippen LogP contribution in [0.5, 0.6) is 0 Å². The summed E-state index contributed by atoms with van der Waals surface area (Å²) in [5.41, 5.74) is 2.06. The first-order chi connectivity index (χ1) is 12.7. The Morgan fingerprint density at radius 2 is 1.81 bits per heavy atom. The number of amides is 2. The molecule has 1 aliphatic heterocycles. The van der Waals surface area contributed by atoms with Gasteiger partial charge < -0.3 is 14.6 Å². The molecule has 1 aliphatic rings. The number of hydrogen-bond donors (Lipinski definition) is 1. The maximum absolute atomic E-state index is 12.5. The topological polar surface area (TPSA) is 66.7 Å². The van der Waals surface area contributed by atoms with Gasteiger partial charge in [0, 0.05) is 36.4 Å². The molecule has 1 N–H and O–H groups in total. The van der Waals surface area contributed by atoms with Crippen molar-refractivity contribution in [2.24, 2.45) is 0 Å². The molecule has 2 amide bonds. The molecule has 0 aliphatic carbocycles. The molecule has 3 aromatic rings. The van der Waals surface area contributed by atoms with Gasteiger partial charge in [-0.2, -0.15) is 0 Å². The third-order valence-corrected chi connectivity index (χ3v) is 4.79. The summed E-state index contributed by atoms with van der Waals surface area (Å²) in [6.45, 7) is 1.29. The smallest absolute Gasteiger partial charge is 0.270 e. The number of piperidine rings is 1. The molecule has 2 aromatic heterocycles. The Balaban J connectivity index is 1.34. The van der Waals surface area contributed by atoms with E-state index >= 15 is 0 Å². The van der Waals surface area contributed by atoms with Crippen molar-refractivity contribution in [2.45, 2.75) is 18.9 Å². The molecule has 0 spiro atoms. The summed E-state index contributed by atoms with van der Waals surface area (Å²) < 4.78 is 1.87. The zero-order valence-corrected chi connectivity index (χ0v) is 14.3. The Bertz CT molecular complexity index is 927. The van der Waals surface area contributed by atoms with E-state index in [-0.39, 0.29) is 17.9 Å². The number of aromatic nitrogens is 2. The van der Waals surface area contributed by atoms with Crippen LogP contribution in [0.2, 0.25) is 0 Å². The maximum Gasteiger partial charge on any atom is 0.270 e. The molecular formula is C20H20N4O2. The Morgan fingerprint density at radius 3 is 2.58 bits per heavy atom. The Kier molecular flexibility index (Phi) is 4.39. The second-order valence-electron chi connectivity index (χ2n) is 6.52. The van der Waals surface area contributed by atoms with Crippen molar-refractivity contribution in [3.8, 4) is 0 Å². The number of likely N-dealkylation sites (tertiary alicyclic amines) is 1. The first kappa shape index (κ1) is 16.3. The van der Waals surface area contributed by atoms with Crippen LogP contribution in [0.1, 0.15) is 33.7 Å². The largest absolute Gasteiger partial charge is 0.348 e. The summed E-state index contributed by atoms with van der Waals surface area (Å²) in [6.07, 6.45) is 5.03. The van der Waals surface area contributed by atoms with Crippen LogP contribution in [0.25, 0.3) is 5.52 Å². The van der Waals surface area contributed by atoms with Crippen molar-refractivity contribution >= 4 is 17.3 Å². The molecule has 4 rings (SSSR count). The fourth-order valence-electron chi connectivity index (χ4n) is 3.31. The third kappa shape index (κ3) is 3.31. The lowest BCUT2D eigenvalue weighted by molar-refractivity contribution is 0.0697. The second kappa shape index (κ2) is 7.00. The molecule has 26 heavy (non-hydrogen) atoms. The molecule has 0 atom stereocenters. The Hall–Kier alpha value is -3.15. The van der Waals surface area contributed by atoms with Gasteiger partial charge in [0.2, 0.25) is 0 Å². The summed E-state index contributed by atoms with van der Waals surface area (Å²) in [5.74, 6) is -0.114. The lowest BCUT2D eigenvalue weighted by Crippen LogP contribution is -2.46. The summed E-state index contributed by atoms with van der Waals surface area (Å²) in [4.78, 5) is 31.0. The minimum atomic E-state index is -0.165. The third-order valence-electron chi connectivity index (χ3n) is 4.79. The normalized spacial score (nSPS) is 15.2. The Labute approximate surface area is 151 Å². The van der Waals surface area contributed by atoms with Gasteiger partial charge in [-0.1, -0.05) is 18.2 Å². The van der Waals surface area contributed by atoms with Crippen molar-refractivity contribution in [1.82, 2.24) is 19.6 Å². The van der Waals surface area contributed by atoms with E-state index in [1.807, 2.05) is 58.0 Å². The lowest BCUT2D eigenvalue weighted by Gasteiger charge is -2.32. The fourth-order valence-corrected chi connectivity index (χ4v) is 3.31. The molecule has 6 heteroatoms. The molecular weight excluding hydrogens is 328 g/mol. The summed E-state index contributed by atoms with van der Waals surface area (Å²) in [6, 6.07) is 15.0. The summed E-state index contributed by atoms with van der Waals surface area (Å²) in [7, 11) is 0. The van der Waals surface area contributed by atoms with Crippen LogP contribution in [-0.2, 0) is 0 Å². The van der Waals surface area contributed by atoms with Crippen molar-refractivity contribution in [1.29, 1.82) is 0 Å². The molecule has 0 radical (unpaired) electrons. The van der Waals surface area contributed by atoms with Crippen LogP contribution in [0, 0.1) is 0 Å². The number of carbonyl (C=O) groups excluding carboxylic acids is 2. The summed E-state index contributed by atoms with van der Waals surface area (Å²) in [5, 5.41) is 3.04. The standard InChI is InChI=1S/C20H20N4O2/c25-19(18-13-17-7-4-10-24(17)14-21-18)22-16-8-11-23(12-9-16)20(26)15-5-2-1-3-6-15/h1-7,10,13-14,16H,8-9,11-12H2,(H,22,25). The van der Waals surface area contributed by atoms with Gasteiger partial charge in [-0.3, -0.25) is 9.59 Å². The van der Waals surface area contributed by atoms with E-state index in [9.17, 15) is 9.59 Å². The van der Waals surface area contributed by atoms with Gasteiger partial charge >= 0.3 is 0 Å². The van der Waals surface area contributed by atoms with Gasteiger partial charge in [0.05, 0.1) is 6.33 Å². The predicted octanol–water partition coefficient (Wildman–Crippen LogP) is 2.37. The quantitative estimate of drug-likeness (QED) is 0.790. The minimum absolute atomic E-state index is 0.0516. The van der Waals surface area contributed by atoms with E-state index < -0.39 is 0 Å². The molecule has 3 heterocycles. The first-order valence-electron chi connectivity index (χ1n) is 8.78. The highest BCUT2D eigenvalue weighted by Crippen LogP contribution is 2.15. The molecule has 0 bridgehead atoms. The number of nitrogens with zero attached hydrogens (tertiary/aromatic N) is 3. The van der Waals surface area contributed by atoms with E-state index in [1.165, 1.54) is 0 Å². The van der Waals surface area contributed by atoms with Gasteiger partial charge in [-0.25, -0.2) is 4.98 Å². The molecule has 0 saturated carbocycles. The molecule has 6 nitrogen and oxygen atoms in total. The number of rotatable bonds is 3. The molecule has 0 unspecified atom stereocenters. The Morgan fingerprint density at radius 1 is 1.04 bits per heavy atom. The second-order valence-corrected chi connectivity index (χ2v) is 6.52. The van der Waals surface area contributed by atoms with Crippen molar-refractivity contribution in [2.75, 3.05) is 13.1 Å². The highest BCUT2D eigenvalue weighted by Gasteiger charge is 2.25. The van der Waals surface area contributed by atoms with E-state index in [2.05, 4.69) is 10.3 Å². The van der Waals surface area contributed by atoms with E-state index in [4.69, 9.17) is 0 Å². The van der Waals surface area contributed by atoms with Crippen LogP contribution < -0.4 is 5.32 Å². The monoisotopic (exact) mass is 348 g/mol. The van der Waals surface area contributed by atoms with E-state index in [0.717, 1.165) is 18.4 Å². The van der Waals surface area contributed by atoms with Gasteiger partial charge in [0.25, 0.3) is 11.8 Å². The molecule has 1 aromatic carbocycles. The van der Waals surface area contributed by atoms with Crippen LogP contribution in [-0.4, -0.2) is 45.2 Å². The maximum atomic E-state index is 12.5. The highest BCUT2D eigenvalue weighted by molar-refractivity contribution is 5.94. The average molecular weight is 348 g/mol. The highest BCUT2D eigenvalue weighted by atomic mass is 16.2. The van der Waals surface area contributed by atoms with E-state index in [1.54, 1.807) is 12.4 Å². The van der Waals surface area contributed by atoms with Crippen molar-refractivity contribution < 1.29 is 9.59 Å². The number of benzene rings is 1. The zero-order valence-electron chi connectivity index (χ0n) is 14.3. The zero-order chi connectivity index (χ0) is 17.9. The summed E-state index contributed by atoms with van der Waals surface area (Å²) >= 11 is 0. The van der Waals surface area contributed by atoms with Crippen LogP contribution in [0.4, 0.5) is 0 Å². The van der Waals surface area contributed by atoms with Crippen molar-refractivity contribution in [3.05, 3.63) is 72.3 Å². The first-order valence-corrected chi connectivity index (χ1v) is 8.78. The van der Waals surface area contributed by atoms with Gasteiger partial charge in [0.15, 0.2) is 0 Å². The number of hydrogen-bond acceptors (Lipinski definition) is 3. The number of nitrogens with one attached hydrogen (secondary N) is 1. The van der Waals surface area contributed by atoms with Crippen LogP contribution in [0.15, 0.2) is 61.1 Å². The van der Waals surface area contributed by atoms with E-state index in [0.29, 0.717) is 24.3 Å². The fraction of sp³-hybridized carbons (Fsp3) is 0.250. The van der Waals surface area contributed by atoms with Gasteiger partial charge in [0.1, 0.15) is 5.69 Å². The van der Waals surface area contributed by atoms with Crippen LogP contribution in [0.3, 0.4) is 0 Å². The molecule has 1 fully saturated rings. The van der Waals surface area contributed by atoms with Gasteiger partial charge in [-0.15, -0.1) is 0 Å². The van der Waals surface area contributed by atoms with Crippen molar-refractivity contribution in [3.63, 3.8) is 0 Å². The lowest BCUT2D eigenvalue weighted by atomic mass is 10.0. The minimum Gasteiger partial charge on any atom is -0.348 e. The van der Waals surface area contributed by atoms with Gasteiger partial charge in [-0.05, 0) is 43.2 Å². The van der Waals surface area contributed by atoms with Crippen LogP contribution >= 0.6 is 0 Å². The SMILES string of the molecule is O=C(NC1CCN(C(=O)c2ccccc2)CC1)c1cc2cccn2cn1. The average Bonchev–Trinajstić information content (AvgIpc) is 3.16.